The van der Waals surface area contributed by atoms with Crippen molar-refractivity contribution in [1.29, 1.82) is 0 Å². The molecule has 0 atom stereocenters. The molecule has 3 N–H and O–H groups in total. The number of carbonyl (C=O) groups excluding carboxylic acids is 1. The summed E-state index contributed by atoms with van der Waals surface area (Å²) in [7, 11) is 0. The molecule has 0 saturated carbocycles. The first-order valence-electron chi connectivity index (χ1n) is 6.74. The highest BCUT2D eigenvalue weighted by molar-refractivity contribution is 5.92. The molecule has 4 nitrogen and oxygen atoms in total. The van der Waals surface area contributed by atoms with Crippen LogP contribution in [0.5, 0.6) is 0 Å². The molecule has 2 rings (SSSR count). The zero-order chi connectivity index (χ0) is 14.4. The maximum absolute atomic E-state index is 12.0. The molecule has 0 spiro atoms. The average Bonchev–Trinajstić information content (AvgIpc) is 2.53. The SMILES string of the molecule is CCc1ccc(CNC(=O)c2cc(CN)ccn2)cc1. The van der Waals surface area contributed by atoms with E-state index in [1.165, 1.54) is 5.56 Å². The molecule has 0 aliphatic rings. The quantitative estimate of drug-likeness (QED) is 0.872. The Morgan fingerprint density at radius 3 is 2.50 bits per heavy atom. The molecule has 0 radical (unpaired) electrons. The first-order valence-corrected chi connectivity index (χ1v) is 6.74. The molecule has 20 heavy (non-hydrogen) atoms. The third-order valence-corrected chi connectivity index (χ3v) is 3.18. The van der Waals surface area contributed by atoms with Gasteiger partial charge >= 0.3 is 0 Å². The van der Waals surface area contributed by atoms with Crippen LogP contribution in [0.1, 0.15) is 34.1 Å². The van der Waals surface area contributed by atoms with Crippen LogP contribution in [0.3, 0.4) is 0 Å². The van der Waals surface area contributed by atoms with Crippen LogP contribution in [0.15, 0.2) is 42.6 Å². The van der Waals surface area contributed by atoms with Gasteiger partial charge in [0.1, 0.15) is 5.69 Å². The third-order valence-electron chi connectivity index (χ3n) is 3.18. The van der Waals surface area contributed by atoms with Gasteiger partial charge in [-0.25, -0.2) is 0 Å². The summed E-state index contributed by atoms with van der Waals surface area (Å²) in [5.41, 5.74) is 9.22. The van der Waals surface area contributed by atoms with Crippen LogP contribution in [0.2, 0.25) is 0 Å². The van der Waals surface area contributed by atoms with Crippen LogP contribution in [-0.4, -0.2) is 10.9 Å². The molecule has 1 heterocycles. The lowest BCUT2D eigenvalue weighted by Gasteiger charge is -2.06. The molecule has 1 amide bonds. The van der Waals surface area contributed by atoms with Gasteiger partial charge in [-0.05, 0) is 35.2 Å². The zero-order valence-electron chi connectivity index (χ0n) is 11.6. The molecular weight excluding hydrogens is 250 g/mol. The van der Waals surface area contributed by atoms with Crippen LogP contribution in [0.4, 0.5) is 0 Å². The van der Waals surface area contributed by atoms with E-state index >= 15 is 0 Å². The van der Waals surface area contributed by atoms with Gasteiger partial charge in [0, 0.05) is 19.3 Å². The van der Waals surface area contributed by atoms with Crippen molar-refractivity contribution in [1.82, 2.24) is 10.3 Å². The fraction of sp³-hybridized carbons (Fsp3) is 0.250. The number of amides is 1. The van der Waals surface area contributed by atoms with E-state index in [1.807, 2.05) is 12.1 Å². The van der Waals surface area contributed by atoms with E-state index in [0.29, 0.717) is 18.8 Å². The lowest BCUT2D eigenvalue weighted by molar-refractivity contribution is 0.0946. The molecule has 0 aliphatic heterocycles. The molecule has 0 fully saturated rings. The molecule has 1 aromatic carbocycles. The minimum Gasteiger partial charge on any atom is -0.347 e. The van der Waals surface area contributed by atoms with Crippen LogP contribution >= 0.6 is 0 Å². The predicted octanol–water partition coefficient (Wildman–Crippen LogP) is 2.03. The van der Waals surface area contributed by atoms with Crippen LogP contribution in [0, 0.1) is 0 Å². The Morgan fingerprint density at radius 1 is 1.15 bits per heavy atom. The second-order valence-corrected chi connectivity index (χ2v) is 4.61. The van der Waals surface area contributed by atoms with Crippen LogP contribution in [-0.2, 0) is 19.5 Å². The highest BCUT2D eigenvalue weighted by Crippen LogP contribution is 2.06. The number of rotatable bonds is 5. The summed E-state index contributed by atoms with van der Waals surface area (Å²) in [6.45, 7) is 3.02. The number of nitrogens with two attached hydrogens (primary N) is 1. The summed E-state index contributed by atoms with van der Waals surface area (Å²) in [6.07, 6.45) is 2.62. The molecule has 0 saturated heterocycles. The minimum atomic E-state index is -0.181. The maximum atomic E-state index is 12.0. The number of nitrogens with one attached hydrogen (secondary N) is 1. The van der Waals surface area contributed by atoms with Gasteiger partial charge in [-0.2, -0.15) is 0 Å². The van der Waals surface area contributed by atoms with Crippen molar-refractivity contribution >= 4 is 5.91 Å². The van der Waals surface area contributed by atoms with Gasteiger partial charge in [-0.3, -0.25) is 9.78 Å². The van der Waals surface area contributed by atoms with Crippen LogP contribution < -0.4 is 11.1 Å². The van der Waals surface area contributed by atoms with E-state index in [0.717, 1.165) is 17.5 Å². The molecule has 1 aromatic heterocycles. The summed E-state index contributed by atoms with van der Waals surface area (Å²) < 4.78 is 0. The third kappa shape index (κ3) is 3.65. The average molecular weight is 269 g/mol. The molecule has 0 aliphatic carbocycles. The van der Waals surface area contributed by atoms with Crippen molar-refractivity contribution in [3.63, 3.8) is 0 Å². The van der Waals surface area contributed by atoms with E-state index in [-0.39, 0.29) is 5.91 Å². The summed E-state index contributed by atoms with van der Waals surface area (Å²) >= 11 is 0. The number of benzene rings is 1. The van der Waals surface area contributed by atoms with E-state index in [9.17, 15) is 4.79 Å². The standard InChI is InChI=1S/C16H19N3O/c1-2-12-3-5-13(6-4-12)11-19-16(20)15-9-14(10-17)7-8-18-15/h3-9H,2,10-11,17H2,1H3,(H,19,20). The maximum Gasteiger partial charge on any atom is 0.270 e. The molecule has 2 aromatic rings. The van der Waals surface area contributed by atoms with E-state index < -0.39 is 0 Å². The number of carbonyl (C=O) groups is 1. The monoisotopic (exact) mass is 269 g/mol. The minimum absolute atomic E-state index is 0.181. The molecular formula is C16H19N3O. The normalized spacial score (nSPS) is 10.3. The molecule has 4 heteroatoms. The summed E-state index contributed by atoms with van der Waals surface area (Å²) in [4.78, 5) is 16.1. The molecule has 104 valence electrons. The summed E-state index contributed by atoms with van der Waals surface area (Å²) in [5, 5.41) is 2.86. The van der Waals surface area contributed by atoms with E-state index in [1.54, 1.807) is 18.3 Å². The molecule has 0 unspecified atom stereocenters. The van der Waals surface area contributed by atoms with Gasteiger partial charge in [-0.1, -0.05) is 31.2 Å². The smallest absolute Gasteiger partial charge is 0.270 e. The van der Waals surface area contributed by atoms with Crippen molar-refractivity contribution in [2.75, 3.05) is 0 Å². The van der Waals surface area contributed by atoms with Crippen molar-refractivity contribution < 1.29 is 4.79 Å². The van der Waals surface area contributed by atoms with Gasteiger partial charge in [0.25, 0.3) is 5.91 Å². The van der Waals surface area contributed by atoms with E-state index in [2.05, 4.69) is 29.4 Å². The number of aryl methyl sites for hydroxylation is 1. The fourth-order valence-electron chi connectivity index (χ4n) is 1.89. The Bertz CT molecular complexity index is 579. The second kappa shape index (κ2) is 6.82. The highest BCUT2D eigenvalue weighted by Gasteiger charge is 2.07. The summed E-state index contributed by atoms with van der Waals surface area (Å²) in [5.74, 6) is -0.181. The Hall–Kier alpha value is -2.20. The Labute approximate surface area is 119 Å². The number of hydrogen-bond donors (Lipinski definition) is 2. The lowest BCUT2D eigenvalue weighted by atomic mass is 10.1. The second-order valence-electron chi connectivity index (χ2n) is 4.61. The van der Waals surface area contributed by atoms with Crippen molar-refractivity contribution in [2.45, 2.75) is 26.4 Å². The number of aromatic nitrogens is 1. The van der Waals surface area contributed by atoms with Gasteiger partial charge in [0.2, 0.25) is 0 Å². The van der Waals surface area contributed by atoms with Gasteiger partial charge in [0.15, 0.2) is 0 Å². The largest absolute Gasteiger partial charge is 0.347 e. The topological polar surface area (TPSA) is 68.0 Å². The fourth-order valence-corrected chi connectivity index (χ4v) is 1.89. The van der Waals surface area contributed by atoms with Crippen molar-refractivity contribution in [3.05, 3.63) is 65.0 Å². The Morgan fingerprint density at radius 2 is 1.85 bits per heavy atom. The lowest BCUT2D eigenvalue weighted by Crippen LogP contribution is -2.24. The Kier molecular flexibility index (Phi) is 4.85. The molecule has 0 bridgehead atoms. The van der Waals surface area contributed by atoms with Gasteiger partial charge in [0.05, 0.1) is 0 Å². The Balaban J connectivity index is 1.97. The summed E-state index contributed by atoms with van der Waals surface area (Å²) in [6, 6.07) is 11.7. The predicted molar refractivity (Wildman–Crippen MR) is 79.1 cm³/mol. The van der Waals surface area contributed by atoms with Gasteiger partial charge < -0.3 is 11.1 Å². The number of nitrogens with zero attached hydrogens (tertiary/aromatic N) is 1. The number of pyridine rings is 1. The van der Waals surface area contributed by atoms with Crippen molar-refractivity contribution in [3.8, 4) is 0 Å². The first kappa shape index (κ1) is 14.2. The number of hydrogen-bond acceptors (Lipinski definition) is 3. The highest BCUT2D eigenvalue weighted by atomic mass is 16.1. The van der Waals surface area contributed by atoms with Crippen LogP contribution in [0.25, 0.3) is 0 Å². The first-order chi connectivity index (χ1) is 9.72. The van der Waals surface area contributed by atoms with Crippen molar-refractivity contribution in [2.24, 2.45) is 5.73 Å². The van der Waals surface area contributed by atoms with Gasteiger partial charge in [-0.15, -0.1) is 0 Å². The van der Waals surface area contributed by atoms with E-state index in [4.69, 9.17) is 5.73 Å². The zero-order valence-corrected chi connectivity index (χ0v) is 11.6.